The van der Waals surface area contributed by atoms with Crippen molar-refractivity contribution in [3.05, 3.63) is 49.5 Å². The van der Waals surface area contributed by atoms with Crippen LogP contribution in [0, 0.1) is 0 Å². The van der Waals surface area contributed by atoms with Crippen LogP contribution in [0.1, 0.15) is 38.1 Å². The third-order valence-electron chi connectivity index (χ3n) is 5.45. The van der Waals surface area contributed by atoms with Crippen LogP contribution in [0.4, 0.5) is 5.82 Å². The number of fused-ring (bicyclic) bond motifs is 3. The monoisotopic (exact) mass is 386 g/mol. The molecule has 0 N–H and O–H groups in total. The van der Waals surface area contributed by atoms with Gasteiger partial charge in [-0.2, -0.15) is 4.98 Å². The van der Waals surface area contributed by atoms with E-state index in [-0.39, 0.29) is 6.04 Å². The van der Waals surface area contributed by atoms with Crippen LogP contribution in [0.15, 0.2) is 43.6 Å². The van der Waals surface area contributed by atoms with Gasteiger partial charge < -0.3 is 4.90 Å². The molecule has 4 aromatic rings. The van der Waals surface area contributed by atoms with Crippen LogP contribution in [-0.2, 0) is 0 Å². The van der Waals surface area contributed by atoms with Crippen LogP contribution in [0.25, 0.3) is 23.0 Å². The highest BCUT2D eigenvalue weighted by Crippen LogP contribution is 2.44. The zero-order valence-electron chi connectivity index (χ0n) is 15.8. The van der Waals surface area contributed by atoms with E-state index in [0.29, 0.717) is 17.8 Å². The first kappa shape index (κ1) is 16.3. The predicted octanol–water partition coefficient (Wildman–Crippen LogP) is 2.13. The summed E-state index contributed by atoms with van der Waals surface area (Å²) in [6, 6.07) is 0.640. The molecule has 0 radical (unpaired) electrons. The van der Waals surface area contributed by atoms with E-state index in [9.17, 15) is 0 Å². The van der Waals surface area contributed by atoms with Crippen molar-refractivity contribution in [1.29, 1.82) is 0 Å². The van der Waals surface area contributed by atoms with Crippen LogP contribution >= 0.6 is 0 Å². The molecule has 0 saturated heterocycles. The first-order chi connectivity index (χ1) is 14.3. The summed E-state index contributed by atoms with van der Waals surface area (Å²) in [7, 11) is 0. The summed E-state index contributed by atoms with van der Waals surface area (Å²) in [6.07, 6.45) is 15.4. The zero-order valence-corrected chi connectivity index (χ0v) is 15.8. The molecule has 1 saturated carbocycles. The predicted molar refractivity (Wildman–Crippen MR) is 104 cm³/mol. The number of aromatic nitrogens is 9. The highest BCUT2D eigenvalue weighted by molar-refractivity contribution is 5.64. The molecule has 0 spiro atoms. The van der Waals surface area contributed by atoms with Crippen molar-refractivity contribution in [3.8, 4) is 23.0 Å². The molecule has 1 unspecified atom stereocenters. The Hall–Kier alpha value is -3.69. The van der Waals surface area contributed by atoms with Gasteiger partial charge in [-0.15, -0.1) is 10.2 Å². The third kappa shape index (κ3) is 2.45. The Balaban J connectivity index is 1.52. The minimum Gasteiger partial charge on any atom is -0.341 e. The summed E-state index contributed by atoms with van der Waals surface area (Å²) in [6.45, 7) is 2.18. The van der Waals surface area contributed by atoms with E-state index in [2.05, 4.69) is 42.0 Å². The molecule has 0 aromatic carbocycles. The van der Waals surface area contributed by atoms with Crippen LogP contribution in [0.3, 0.4) is 0 Å². The summed E-state index contributed by atoms with van der Waals surface area (Å²) in [5.41, 5.74) is 1.72. The maximum absolute atomic E-state index is 4.98. The van der Waals surface area contributed by atoms with Crippen LogP contribution in [0.5, 0.6) is 0 Å². The first-order valence-corrected chi connectivity index (χ1v) is 9.70. The van der Waals surface area contributed by atoms with Gasteiger partial charge in [0.05, 0.1) is 17.8 Å². The van der Waals surface area contributed by atoms with E-state index >= 15 is 0 Å². The van der Waals surface area contributed by atoms with E-state index in [4.69, 9.17) is 4.98 Å². The van der Waals surface area contributed by atoms with Crippen molar-refractivity contribution >= 4 is 5.82 Å². The minimum atomic E-state index is 0.157. The number of hydrogen-bond acceptors (Lipinski definition) is 8. The SMILES string of the molecule is CCC1c2nncn2-c2cnc(-n3ccnc3-c3cncnc3)nc2N1C1CC1. The Kier molecular flexibility index (Phi) is 3.46. The molecule has 0 bridgehead atoms. The highest BCUT2D eigenvalue weighted by atomic mass is 15.4. The Bertz CT molecular complexity index is 1180. The Morgan fingerprint density at radius 2 is 1.93 bits per heavy atom. The molecule has 6 rings (SSSR count). The molecule has 10 nitrogen and oxygen atoms in total. The van der Waals surface area contributed by atoms with Crippen molar-refractivity contribution in [2.75, 3.05) is 4.90 Å². The third-order valence-corrected chi connectivity index (χ3v) is 5.45. The number of rotatable bonds is 4. The van der Waals surface area contributed by atoms with E-state index in [0.717, 1.165) is 29.3 Å². The average Bonchev–Trinajstić information content (AvgIpc) is 3.27. The summed E-state index contributed by atoms with van der Waals surface area (Å²) in [4.78, 5) is 24.7. The fourth-order valence-electron chi connectivity index (χ4n) is 4.01. The second kappa shape index (κ2) is 6.16. The Labute approximate surface area is 166 Å². The quantitative estimate of drug-likeness (QED) is 0.525. The lowest BCUT2D eigenvalue weighted by molar-refractivity contribution is 0.532. The summed E-state index contributed by atoms with van der Waals surface area (Å²) >= 11 is 0. The van der Waals surface area contributed by atoms with Gasteiger partial charge in [0, 0.05) is 30.8 Å². The normalized spacial score (nSPS) is 17.8. The topological polar surface area (TPSA) is 103 Å². The molecule has 1 aliphatic heterocycles. The van der Waals surface area contributed by atoms with Crippen molar-refractivity contribution in [3.63, 3.8) is 0 Å². The molecule has 1 atom stereocenters. The highest BCUT2D eigenvalue weighted by Gasteiger charge is 2.41. The van der Waals surface area contributed by atoms with Gasteiger partial charge in [-0.05, 0) is 19.3 Å². The molecule has 1 fully saturated rings. The van der Waals surface area contributed by atoms with Crippen molar-refractivity contribution in [1.82, 2.24) is 44.3 Å². The van der Waals surface area contributed by atoms with Crippen LogP contribution < -0.4 is 4.90 Å². The van der Waals surface area contributed by atoms with Gasteiger partial charge in [-0.3, -0.25) is 9.13 Å². The Morgan fingerprint density at radius 1 is 1.07 bits per heavy atom. The van der Waals surface area contributed by atoms with Gasteiger partial charge in [0.1, 0.15) is 24.2 Å². The van der Waals surface area contributed by atoms with Gasteiger partial charge in [0.15, 0.2) is 11.6 Å². The van der Waals surface area contributed by atoms with Crippen molar-refractivity contribution in [2.24, 2.45) is 0 Å². The van der Waals surface area contributed by atoms with E-state index in [1.807, 2.05) is 21.5 Å². The molecule has 10 heteroatoms. The standard InChI is InChI=1S/C19H18N10/c1-2-14-18-26-24-11-28(18)15-9-23-19(25-17(15)29(14)13-3-4-13)27-6-5-22-16(27)12-7-20-10-21-8-12/h5-11,13-14H,2-4H2,1H3. The maximum atomic E-state index is 4.98. The fourth-order valence-corrected chi connectivity index (χ4v) is 4.01. The van der Waals surface area contributed by atoms with Gasteiger partial charge in [0.2, 0.25) is 5.95 Å². The maximum Gasteiger partial charge on any atom is 0.237 e. The first-order valence-electron chi connectivity index (χ1n) is 9.70. The Morgan fingerprint density at radius 3 is 2.72 bits per heavy atom. The van der Waals surface area contributed by atoms with E-state index in [1.165, 1.54) is 19.2 Å². The molecule has 5 heterocycles. The molecule has 0 amide bonds. The second-order valence-electron chi connectivity index (χ2n) is 7.25. The molecule has 144 valence electrons. The number of imidazole rings is 1. The molecule has 4 aromatic heterocycles. The molecule has 1 aliphatic carbocycles. The lowest BCUT2D eigenvalue weighted by Crippen LogP contribution is -2.37. The van der Waals surface area contributed by atoms with E-state index < -0.39 is 0 Å². The average molecular weight is 386 g/mol. The molecular weight excluding hydrogens is 368 g/mol. The van der Waals surface area contributed by atoms with Gasteiger partial charge in [-0.1, -0.05) is 6.92 Å². The lowest BCUT2D eigenvalue weighted by Gasteiger charge is -2.37. The van der Waals surface area contributed by atoms with Crippen molar-refractivity contribution < 1.29 is 0 Å². The minimum absolute atomic E-state index is 0.157. The van der Waals surface area contributed by atoms with Crippen LogP contribution in [0.2, 0.25) is 0 Å². The fraction of sp³-hybridized carbons (Fsp3) is 0.316. The summed E-state index contributed by atoms with van der Waals surface area (Å²) in [5, 5.41) is 8.52. The number of nitrogens with zero attached hydrogens (tertiary/aromatic N) is 10. The number of anilines is 1. The van der Waals surface area contributed by atoms with E-state index in [1.54, 1.807) is 24.9 Å². The largest absolute Gasteiger partial charge is 0.341 e. The van der Waals surface area contributed by atoms with Gasteiger partial charge in [-0.25, -0.2) is 19.9 Å². The number of hydrogen-bond donors (Lipinski definition) is 0. The molecule has 29 heavy (non-hydrogen) atoms. The molecule has 2 aliphatic rings. The smallest absolute Gasteiger partial charge is 0.237 e. The summed E-state index contributed by atoms with van der Waals surface area (Å²) < 4.78 is 3.87. The van der Waals surface area contributed by atoms with Gasteiger partial charge in [0.25, 0.3) is 0 Å². The molecular formula is C19H18N10. The van der Waals surface area contributed by atoms with Gasteiger partial charge >= 0.3 is 0 Å². The van der Waals surface area contributed by atoms with Crippen molar-refractivity contribution in [2.45, 2.75) is 38.3 Å². The zero-order chi connectivity index (χ0) is 19.4. The van der Waals surface area contributed by atoms with Crippen LogP contribution in [-0.4, -0.2) is 50.3 Å². The summed E-state index contributed by atoms with van der Waals surface area (Å²) in [5.74, 6) is 3.14. The second-order valence-corrected chi connectivity index (χ2v) is 7.25. The lowest BCUT2D eigenvalue weighted by atomic mass is 10.1.